The molecule has 1 amide bonds. The van der Waals surface area contributed by atoms with Crippen molar-refractivity contribution in [2.24, 2.45) is 0 Å². The minimum Gasteiger partial charge on any atom is -0.359 e. The highest BCUT2D eigenvalue weighted by atomic mass is 35.5. The van der Waals surface area contributed by atoms with E-state index in [1.54, 1.807) is 17.9 Å². The lowest BCUT2D eigenvalue weighted by atomic mass is 10.1. The third kappa shape index (κ3) is 2.59. The Hall–Kier alpha value is -1.95. The molecule has 3 rings (SSSR count). The molecule has 2 aromatic rings. The third-order valence-electron chi connectivity index (χ3n) is 3.73. The predicted molar refractivity (Wildman–Crippen MR) is 75.6 cm³/mol. The van der Waals surface area contributed by atoms with E-state index in [0.29, 0.717) is 12.3 Å². The van der Waals surface area contributed by atoms with E-state index in [-0.39, 0.29) is 16.6 Å². The zero-order chi connectivity index (χ0) is 15.9. The first-order valence-corrected chi connectivity index (χ1v) is 7.24. The summed E-state index contributed by atoms with van der Waals surface area (Å²) in [6.07, 6.45) is 1.51. The van der Waals surface area contributed by atoms with Gasteiger partial charge in [-0.25, -0.2) is 8.78 Å². The number of aryl methyl sites for hydroxylation is 1. The summed E-state index contributed by atoms with van der Waals surface area (Å²) in [7, 11) is 0. The van der Waals surface area contributed by atoms with Gasteiger partial charge in [0.25, 0.3) is 5.91 Å². The van der Waals surface area contributed by atoms with Crippen molar-refractivity contribution >= 4 is 17.5 Å². The summed E-state index contributed by atoms with van der Waals surface area (Å²) < 4.78 is 31.8. The topological polar surface area (TPSA) is 46.3 Å². The van der Waals surface area contributed by atoms with Crippen LogP contribution in [0.15, 0.2) is 22.7 Å². The highest BCUT2D eigenvalue weighted by Crippen LogP contribution is 2.34. The molecule has 1 aromatic carbocycles. The van der Waals surface area contributed by atoms with Gasteiger partial charge in [0.2, 0.25) is 0 Å². The Balaban J connectivity index is 1.92. The van der Waals surface area contributed by atoms with Gasteiger partial charge in [0, 0.05) is 12.6 Å². The van der Waals surface area contributed by atoms with Crippen molar-refractivity contribution in [3.63, 3.8) is 0 Å². The van der Waals surface area contributed by atoms with Crippen LogP contribution in [0.5, 0.6) is 0 Å². The van der Waals surface area contributed by atoms with Crippen LogP contribution in [0.4, 0.5) is 8.78 Å². The third-order valence-corrected chi connectivity index (χ3v) is 4.04. The Morgan fingerprint density at radius 2 is 2.09 bits per heavy atom. The minimum atomic E-state index is -1.10. The SMILES string of the molecule is Cc1cc([C@H]2CCCN2C(=O)c2cc(F)c(F)cc2Cl)on1. The fraction of sp³-hybridized carbons (Fsp3) is 0.333. The van der Waals surface area contributed by atoms with E-state index in [0.717, 1.165) is 30.7 Å². The molecule has 1 fully saturated rings. The second kappa shape index (κ2) is 5.68. The molecule has 0 aliphatic carbocycles. The number of rotatable bonds is 2. The van der Waals surface area contributed by atoms with Crippen LogP contribution >= 0.6 is 11.6 Å². The molecule has 7 heteroatoms. The molecule has 1 aliphatic rings. The summed E-state index contributed by atoms with van der Waals surface area (Å²) in [6, 6.07) is 3.15. The number of carbonyl (C=O) groups is 1. The van der Waals surface area contributed by atoms with E-state index < -0.39 is 17.5 Å². The maximum atomic E-state index is 13.4. The first-order chi connectivity index (χ1) is 10.5. The molecule has 0 bridgehead atoms. The molecule has 0 N–H and O–H groups in total. The van der Waals surface area contributed by atoms with E-state index in [9.17, 15) is 13.6 Å². The number of hydrogen-bond donors (Lipinski definition) is 0. The maximum Gasteiger partial charge on any atom is 0.256 e. The van der Waals surface area contributed by atoms with Crippen LogP contribution in [0.25, 0.3) is 0 Å². The zero-order valence-electron chi connectivity index (χ0n) is 11.8. The molecule has 4 nitrogen and oxygen atoms in total. The Morgan fingerprint density at radius 3 is 2.77 bits per heavy atom. The summed E-state index contributed by atoms with van der Waals surface area (Å²) in [4.78, 5) is 14.2. The van der Waals surface area contributed by atoms with Gasteiger partial charge in [-0.1, -0.05) is 16.8 Å². The number of amides is 1. The number of benzene rings is 1. The van der Waals surface area contributed by atoms with Crippen molar-refractivity contribution in [3.05, 3.63) is 51.9 Å². The first kappa shape index (κ1) is 15.0. The van der Waals surface area contributed by atoms with Gasteiger partial charge in [-0.2, -0.15) is 0 Å². The quantitative estimate of drug-likeness (QED) is 0.786. The lowest BCUT2D eigenvalue weighted by Gasteiger charge is -2.23. The Bertz CT molecular complexity index is 732. The fourth-order valence-electron chi connectivity index (χ4n) is 2.69. The van der Waals surface area contributed by atoms with Crippen LogP contribution in [0.1, 0.15) is 40.7 Å². The van der Waals surface area contributed by atoms with Gasteiger partial charge in [0.05, 0.1) is 22.3 Å². The largest absolute Gasteiger partial charge is 0.359 e. The lowest BCUT2D eigenvalue weighted by molar-refractivity contribution is 0.0714. The number of carbonyl (C=O) groups excluding carboxylic acids is 1. The van der Waals surface area contributed by atoms with E-state index in [2.05, 4.69) is 5.16 Å². The second-order valence-electron chi connectivity index (χ2n) is 5.27. The van der Waals surface area contributed by atoms with E-state index in [4.69, 9.17) is 16.1 Å². The molecular weight excluding hydrogens is 314 g/mol. The predicted octanol–water partition coefficient (Wildman–Crippen LogP) is 3.89. The van der Waals surface area contributed by atoms with Crippen LogP contribution in [-0.4, -0.2) is 22.5 Å². The molecule has 0 unspecified atom stereocenters. The number of halogens is 3. The first-order valence-electron chi connectivity index (χ1n) is 6.86. The maximum absolute atomic E-state index is 13.4. The van der Waals surface area contributed by atoms with E-state index in [1.807, 2.05) is 0 Å². The molecule has 116 valence electrons. The molecule has 1 saturated heterocycles. The average molecular weight is 327 g/mol. The van der Waals surface area contributed by atoms with E-state index >= 15 is 0 Å². The van der Waals surface area contributed by atoms with Crippen LogP contribution < -0.4 is 0 Å². The highest BCUT2D eigenvalue weighted by molar-refractivity contribution is 6.33. The molecule has 2 heterocycles. The summed E-state index contributed by atoms with van der Waals surface area (Å²) >= 11 is 5.88. The average Bonchev–Trinajstić information content (AvgIpc) is 3.10. The van der Waals surface area contributed by atoms with Crippen molar-refractivity contribution in [1.29, 1.82) is 0 Å². The van der Waals surface area contributed by atoms with Gasteiger partial charge >= 0.3 is 0 Å². The normalized spacial score (nSPS) is 18.0. The molecular formula is C15H13ClF2N2O2. The summed E-state index contributed by atoms with van der Waals surface area (Å²) in [6.45, 7) is 2.29. The zero-order valence-corrected chi connectivity index (χ0v) is 12.5. The lowest BCUT2D eigenvalue weighted by Crippen LogP contribution is -2.30. The Morgan fingerprint density at radius 1 is 1.36 bits per heavy atom. The second-order valence-corrected chi connectivity index (χ2v) is 5.68. The molecule has 0 saturated carbocycles. The van der Waals surface area contributed by atoms with Crippen LogP contribution in [0, 0.1) is 18.6 Å². The monoisotopic (exact) mass is 326 g/mol. The van der Waals surface area contributed by atoms with Gasteiger partial charge in [-0.05, 0) is 31.9 Å². The molecule has 0 spiro atoms. The smallest absolute Gasteiger partial charge is 0.256 e. The molecule has 22 heavy (non-hydrogen) atoms. The standard InChI is InChI=1S/C15H13ClF2N2O2/c1-8-5-14(22-19-8)13-3-2-4-20(13)15(21)9-6-11(17)12(18)7-10(9)16/h5-7,13H,2-4H2,1H3/t13-/m1/s1. The minimum absolute atomic E-state index is 0.0521. The van der Waals surface area contributed by atoms with Crippen molar-refractivity contribution in [3.8, 4) is 0 Å². The number of likely N-dealkylation sites (tertiary alicyclic amines) is 1. The van der Waals surface area contributed by atoms with Crippen molar-refractivity contribution in [1.82, 2.24) is 10.1 Å². The van der Waals surface area contributed by atoms with Crippen molar-refractivity contribution < 1.29 is 18.1 Å². The van der Waals surface area contributed by atoms with Gasteiger partial charge in [0.1, 0.15) is 0 Å². The number of aromatic nitrogens is 1. The van der Waals surface area contributed by atoms with Gasteiger partial charge < -0.3 is 9.42 Å². The van der Waals surface area contributed by atoms with Crippen LogP contribution in [-0.2, 0) is 0 Å². The van der Waals surface area contributed by atoms with Crippen LogP contribution in [0.2, 0.25) is 5.02 Å². The number of nitrogens with zero attached hydrogens (tertiary/aromatic N) is 2. The van der Waals surface area contributed by atoms with Crippen LogP contribution in [0.3, 0.4) is 0 Å². The summed E-state index contributed by atoms with van der Waals surface area (Å²) in [5.74, 6) is -2.04. The Labute approximate surface area is 130 Å². The van der Waals surface area contributed by atoms with Crippen molar-refractivity contribution in [2.45, 2.75) is 25.8 Å². The molecule has 1 aliphatic heterocycles. The van der Waals surface area contributed by atoms with Crippen molar-refractivity contribution in [2.75, 3.05) is 6.54 Å². The summed E-state index contributed by atoms with van der Waals surface area (Å²) in [5.41, 5.74) is 0.670. The van der Waals surface area contributed by atoms with Gasteiger partial charge in [0.15, 0.2) is 17.4 Å². The molecule has 0 radical (unpaired) electrons. The van der Waals surface area contributed by atoms with Gasteiger partial charge in [-0.3, -0.25) is 4.79 Å². The molecule has 1 atom stereocenters. The number of hydrogen-bond acceptors (Lipinski definition) is 3. The van der Waals surface area contributed by atoms with E-state index in [1.165, 1.54) is 0 Å². The molecule has 1 aromatic heterocycles. The highest BCUT2D eigenvalue weighted by Gasteiger charge is 2.34. The van der Waals surface area contributed by atoms with Gasteiger partial charge in [-0.15, -0.1) is 0 Å². The summed E-state index contributed by atoms with van der Waals surface area (Å²) in [5, 5.41) is 3.71. The Kier molecular flexibility index (Phi) is 3.87. The fourth-order valence-corrected chi connectivity index (χ4v) is 2.92.